The van der Waals surface area contributed by atoms with Crippen molar-refractivity contribution in [2.75, 3.05) is 28.6 Å². The lowest BCUT2D eigenvalue weighted by molar-refractivity contribution is -0.137. The Morgan fingerprint density at radius 1 is 0.886 bits per heavy atom. The summed E-state index contributed by atoms with van der Waals surface area (Å²) in [5, 5.41) is 7.72. The van der Waals surface area contributed by atoms with E-state index in [0.29, 0.717) is 11.4 Å². The van der Waals surface area contributed by atoms with E-state index in [0.717, 1.165) is 36.2 Å². The molecule has 4 amide bonds. The largest absolute Gasteiger partial charge is 0.416 e. The molecule has 0 spiro atoms. The highest BCUT2D eigenvalue weighted by Crippen LogP contribution is 2.30. The normalized spacial score (nSPS) is 11.0. The van der Waals surface area contributed by atoms with E-state index in [1.54, 1.807) is 12.1 Å². The molecule has 184 valence electrons. The maximum atomic E-state index is 13.4. The van der Waals surface area contributed by atoms with Crippen molar-refractivity contribution in [3.63, 3.8) is 0 Å². The van der Waals surface area contributed by atoms with Gasteiger partial charge in [-0.25, -0.2) is 14.0 Å². The minimum atomic E-state index is -4.56. The number of carbonyl (C=O) groups is 2. The molecule has 0 aliphatic rings. The van der Waals surface area contributed by atoms with Crippen LogP contribution in [0.5, 0.6) is 0 Å². The van der Waals surface area contributed by atoms with E-state index in [9.17, 15) is 27.2 Å². The summed E-state index contributed by atoms with van der Waals surface area (Å²) >= 11 is 0. The van der Waals surface area contributed by atoms with Crippen LogP contribution in [0.1, 0.15) is 18.1 Å². The molecule has 3 rings (SSSR count). The summed E-state index contributed by atoms with van der Waals surface area (Å²) in [6.07, 6.45) is -3.69. The minimum absolute atomic E-state index is 0.0201. The third-order valence-corrected chi connectivity index (χ3v) is 5.07. The lowest BCUT2D eigenvalue weighted by Crippen LogP contribution is -2.42. The molecule has 3 aromatic rings. The molecule has 6 nitrogen and oxygen atoms in total. The number of nitrogens with zero attached hydrogens (tertiary/aromatic N) is 1. The van der Waals surface area contributed by atoms with Crippen molar-refractivity contribution in [1.29, 1.82) is 0 Å². The van der Waals surface area contributed by atoms with Crippen LogP contribution in [0.15, 0.2) is 72.8 Å². The van der Waals surface area contributed by atoms with E-state index < -0.39 is 29.6 Å². The van der Waals surface area contributed by atoms with Crippen LogP contribution in [0.25, 0.3) is 0 Å². The first-order valence-electron chi connectivity index (χ1n) is 10.8. The molecule has 3 N–H and O–H groups in total. The second-order valence-electron chi connectivity index (χ2n) is 7.57. The van der Waals surface area contributed by atoms with Crippen molar-refractivity contribution < 1.29 is 27.2 Å². The zero-order chi connectivity index (χ0) is 25.4. The molecular weight excluding hydrogens is 464 g/mol. The molecule has 0 unspecified atom stereocenters. The molecule has 3 aromatic carbocycles. The predicted octanol–water partition coefficient (Wildman–Crippen LogP) is 6.27. The Hall–Kier alpha value is -4.08. The number of anilines is 3. The number of hydrogen-bond acceptors (Lipinski definition) is 2. The standard InChI is InChI=1S/C25H24F4N4O2/c1-2-17-6-10-20(11-7-17)31-23(34)30-14-15-33(22-12-8-19(26)9-13-22)24(35)32-21-5-3-4-18(16-21)25(27,28)29/h3-13,16H,2,14-15H2,1H3,(H,32,35)(H2,30,31,34). The monoisotopic (exact) mass is 488 g/mol. The molecule has 0 saturated carbocycles. The molecular formula is C25H24F4N4O2. The summed E-state index contributed by atoms with van der Waals surface area (Å²) < 4.78 is 52.4. The van der Waals surface area contributed by atoms with Crippen LogP contribution < -0.4 is 20.9 Å². The highest BCUT2D eigenvalue weighted by Gasteiger charge is 2.30. The van der Waals surface area contributed by atoms with Crippen molar-refractivity contribution in [3.8, 4) is 0 Å². The molecule has 0 aromatic heterocycles. The fourth-order valence-electron chi connectivity index (χ4n) is 3.21. The maximum absolute atomic E-state index is 13.4. The summed E-state index contributed by atoms with van der Waals surface area (Å²) in [4.78, 5) is 26.3. The summed E-state index contributed by atoms with van der Waals surface area (Å²) in [5.41, 5.74) is 1.05. The van der Waals surface area contributed by atoms with Crippen LogP contribution in [0.2, 0.25) is 0 Å². The summed E-state index contributed by atoms with van der Waals surface area (Å²) in [6.45, 7) is 2.01. The number of amides is 4. The number of nitrogens with one attached hydrogen (secondary N) is 3. The Labute approximate surface area is 199 Å². The highest BCUT2D eigenvalue weighted by atomic mass is 19.4. The Kier molecular flexibility index (Phi) is 8.30. The van der Waals surface area contributed by atoms with Crippen LogP contribution in [0.4, 0.5) is 44.2 Å². The first-order chi connectivity index (χ1) is 16.7. The molecule has 0 aliphatic carbocycles. The third-order valence-electron chi connectivity index (χ3n) is 5.07. The smallest absolute Gasteiger partial charge is 0.336 e. The Balaban J connectivity index is 1.66. The van der Waals surface area contributed by atoms with Gasteiger partial charge in [0.1, 0.15) is 5.82 Å². The summed E-state index contributed by atoms with van der Waals surface area (Å²) in [7, 11) is 0. The van der Waals surface area contributed by atoms with Gasteiger partial charge in [-0.15, -0.1) is 0 Å². The molecule has 10 heteroatoms. The minimum Gasteiger partial charge on any atom is -0.336 e. The summed E-state index contributed by atoms with van der Waals surface area (Å²) in [5.74, 6) is -0.515. The number of rotatable bonds is 7. The fourth-order valence-corrected chi connectivity index (χ4v) is 3.21. The van der Waals surface area contributed by atoms with Gasteiger partial charge in [-0.3, -0.25) is 4.90 Å². The second-order valence-corrected chi connectivity index (χ2v) is 7.57. The first-order valence-corrected chi connectivity index (χ1v) is 10.8. The lowest BCUT2D eigenvalue weighted by Gasteiger charge is -2.24. The van der Waals surface area contributed by atoms with Crippen LogP contribution in [-0.4, -0.2) is 25.2 Å². The van der Waals surface area contributed by atoms with Gasteiger partial charge in [0.05, 0.1) is 5.56 Å². The van der Waals surface area contributed by atoms with Gasteiger partial charge in [-0.1, -0.05) is 25.1 Å². The molecule has 0 atom stereocenters. The number of aryl methyl sites for hydroxylation is 1. The van der Waals surface area contributed by atoms with Gasteiger partial charge in [0.25, 0.3) is 0 Å². The van der Waals surface area contributed by atoms with Gasteiger partial charge in [0, 0.05) is 30.2 Å². The molecule has 0 saturated heterocycles. The van der Waals surface area contributed by atoms with E-state index in [4.69, 9.17) is 0 Å². The molecule has 0 fully saturated rings. The van der Waals surface area contributed by atoms with Crippen molar-refractivity contribution >= 4 is 29.1 Å². The molecule has 0 bridgehead atoms. The average molecular weight is 488 g/mol. The van der Waals surface area contributed by atoms with Crippen molar-refractivity contribution in [2.24, 2.45) is 0 Å². The van der Waals surface area contributed by atoms with Gasteiger partial charge in [-0.05, 0) is 66.6 Å². The van der Waals surface area contributed by atoms with E-state index in [-0.39, 0.29) is 18.8 Å². The molecule has 0 heterocycles. The van der Waals surface area contributed by atoms with Gasteiger partial charge in [0.15, 0.2) is 0 Å². The van der Waals surface area contributed by atoms with Crippen molar-refractivity contribution in [2.45, 2.75) is 19.5 Å². The van der Waals surface area contributed by atoms with Gasteiger partial charge < -0.3 is 16.0 Å². The average Bonchev–Trinajstić information content (AvgIpc) is 2.82. The van der Waals surface area contributed by atoms with E-state index >= 15 is 0 Å². The third kappa shape index (κ3) is 7.46. The number of alkyl halides is 3. The number of urea groups is 2. The fraction of sp³-hybridized carbons (Fsp3) is 0.200. The van der Waals surface area contributed by atoms with Gasteiger partial charge in [-0.2, -0.15) is 13.2 Å². The summed E-state index contributed by atoms with van der Waals surface area (Å²) in [6, 6.07) is 15.3. The van der Waals surface area contributed by atoms with Gasteiger partial charge in [0.2, 0.25) is 0 Å². The molecule has 0 radical (unpaired) electrons. The SMILES string of the molecule is CCc1ccc(NC(=O)NCCN(C(=O)Nc2cccc(C(F)(F)F)c2)c2ccc(F)cc2)cc1. The van der Waals surface area contributed by atoms with Gasteiger partial charge >= 0.3 is 18.2 Å². The first kappa shape index (κ1) is 25.5. The van der Waals surface area contributed by atoms with Crippen LogP contribution in [-0.2, 0) is 12.6 Å². The van der Waals surface area contributed by atoms with Crippen LogP contribution in [0, 0.1) is 5.82 Å². The van der Waals surface area contributed by atoms with Crippen molar-refractivity contribution in [1.82, 2.24) is 5.32 Å². The highest BCUT2D eigenvalue weighted by molar-refractivity contribution is 6.01. The predicted molar refractivity (Wildman–Crippen MR) is 127 cm³/mol. The number of benzene rings is 3. The van der Waals surface area contributed by atoms with E-state index in [2.05, 4.69) is 16.0 Å². The molecule has 0 aliphatic heterocycles. The maximum Gasteiger partial charge on any atom is 0.416 e. The zero-order valence-electron chi connectivity index (χ0n) is 18.8. The second kappa shape index (κ2) is 11.4. The topological polar surface area (TPSA) is 73.5 Å². The Morgan fingerprint density at radius 2 is 1.57 bits per heavy atom. The molecule has 35 heavy (non-hydrogen) atoms. The van der Waals surface area contributed by atoms with Crippen LogP contribution in [0.3, 0.4) is 0 Å². The zero-order valence-corrected chi connectivity index (χ0v) is 18.8. The lowest BCUT2D eigenvalue weighted by atomic mass is 10.1. The van der Waals surface area contributed by atoms with Crippen molar-refractivity contribution in [3.05, 3.63) is 89.7 Å². The number of halogens is 4. The van der Waals surface area contributed by atoms with Crippen LogP contribution >= 0.6 is 0 Å². The van der Waals surface area contributed by atoms with E-state index in [1.165, 1.54) is 29.2 Å². The Bertz CT molecular complexity index is 1150. The number of carbonyl (C=O) groups excluding carboxylic acids is 2. The Morgan fingerprint density at radius 3 is 2.20 bits per heavy atom. The number of hydrogen-bond donors (Lipinski definition) is 3. The van der Waals surface area contributed by atoms with E-state index in [1.807, 2.05) is 19.1 Å². The quantitative estimate of drug-likeness (QED) is 0.343.